The third-order valence-corrected chi connectivity index (χ3v) is 2.94. The van der Waals surface area contributed by atoms with E-state index < -0.39 is 0 Å². The Kier molecular flexibility index (Phi) is 2.57. The van der Waals surface area contributed by atoms with Gasteiger partial charge in [0.2, 0.25) is 0 Å². The number of rotatable bonds is 3. The zero-order valence-electron chi connectivity index (χ0n) is 9.81. The minimum absolute atomic E-state index is 0.106. The van der Waals surface area contributed by atoms with Crippen LogP contribution in [0.1, 0.15) is 0 Å². The predicted octanol–water partition coefficient (Wildman–Crippen LogP) is 2.57. The summed E-state index contributed by atoms with van der Waals surface area (Å²) in [6.07, 6.45) is 0. The Labute approximate surface area is 104 Å². The third-order valence-electron chi connectivity index (χ3n) is 2.94. The van der Waals surface area contributed by atoms with E-state index in [1.54, 1.807) is 0 Å². The lowest BCUT2D eigenvalue weighted by Gasteiger charge is -2.02. The van der Waals surface area contributed by atoms with E-state index in [4.69, 9.17) is 15.3 Å². The predicted molar refractivity (Wildman–Crippen MR) is 73.7 cm³/mol. The molecule has 92 valence electrons. The van der Waals surface area contributed by atoms with Gasteiger partial charge in [0.15, 0.2) is 0 Å². The van der Waals surface area contributed by atoms with Gasteiger partial charge in [0.25, 0.3) is 0 Å². The first-order valence-electron chi connectivity index (χ1n) is 5.84. The van der Waals surface area contributed by atoms with Crippen LogP contribution in [0, 0.1) is 0 Å². The van der Waals surface area contributed by atoms with Crippen LogP contribution in [0.15, 0.2) is 40.8 Å². The molecule has 0 aliphatic carbocycles. The molecule has 4 heteroatoms. The topological polar surface area (TPSA) is 71.4 Å². The van der Waals surface area contributed by atoms with Crippen LogP contribution in [-0.4, -0.2) is 18.3 Å². The summed E-state index contributed by atoms with van der Waals surface area (Å²) in [6.45, 7) is 0.632. The molecule has 4 nitrogen and oxygen atoms in total. The number of aliphatic hydroxyl groups is 1. The Morgan fingerprint density at radius 3 is 2.56 bits per heavy atom. The van der Waals surface area contributed by atoms with Crippen LogP contribution < -0.4 is 11.1 Å². The van der Waals surface area contributed by atoms with Crippen molar-refractivity contribution in [2.24, 2.45) is 0 Å². The molecule has 3 aromatic rings. The van der Waals surface area contributed by atoms with Gasteiger partial charge in [-0.25, -0.2) is 0 Å². The van der Waals surface area contributed by atoms with Crippen molar-refractivity contribution in [2.75, 3.05) is 24.2 Å². The molecule has 1 heterocycles. The number of nitrogens with two attached hydrogens (primary N) is 1. The third kappa shape index (κ3) is 1.76. The monoisotopic (exact) mass is 242 g/mol. The maximum absolute atomic E-state index is 8.79. The summed E-state index contributed by atoms with van der Waals surface area (Å²) < 4.78 is 5.77. The van der Waals surface area contributed by atoms with Gasteiger partial charge in [-0.2, -0.15) is 0 Å². The number of fused-ring (bicyclic) bond motifs is 3. The van der Waals surface area contributed by atoms with Crippen LogP contribution in [-0.2, 0) is 0 Å². The number of hydrogen-bond donors (Lipinski definition) is 3. The molecule has 0 radical (unpaired) electrons. The lowest BCUT2D eigenvalue weighted by molar-refractivity contribution is 0.311. The molecular weight excluding hydrogens is 228 g/mol. The summed E-state index contributed by atoms with van der Waals surface area (Å²) in [5.41, 5.74) is 8.98. The molecule has 0 aliphatic heterocycles. The van der Waals surface area contributed by atoms with Crippen molar-refractivity contribution in [1.82, 2.24) is 0 Å². The quantitative estimate of drug-likeness (QED) is 0.617. The molecule has 0 aliphatic rings. The van der Waals surface area contributed by atoms with Crippen LogP contribution in [0.5, 0.6) is 0 Å². The number of anilines is 2. The smallest absolute Gasteiger partial charge is 0.137 e. The van der Waals surface area contributed by atoms with Gasteiger partial charge in [0.1, 0.15) is 11.2 Å². The lowest BCUT2D eigenvalue weighted by Crippen LogP contribution is -2.04. The van der Waals surface area contributed by atoms with E-state index in [0.717, 1.165) is 27.6 Å². The molecule has 18 heavy (non-hydrogen) atoms. The molecule has 1 aromatic heterocycles. The Morgan fingerprint density at radius 1 is 1.06 bits per heavy atom. The van der Waals surface area contributed by atoms with Crippen LogP contribution in [0.25, 0.3) is 21.9 Å². The zero-order chi connectivity index (χ0) is 12.5. The Balaban J connectivity index is 2.14. The highest BCUT2D eigenvalue weighted by Crippen LogP contribution is 2.31. The second kappa shape index (κ2) is 4.23. The molecule has 0 saturated carbocycles. The first-order chi connectivity index (χ1) is 8.78. The van der Waals surface area contributed by atoms with Crippen molar-refractivity contribution in [3.05, 3.63) is 36.4 Å². The summed E-state index contributed by atoms with van der Waals surface area (Å²) in [5, 5.41) is 14.0. The van der Waals surface area contributed by atoms with Crippen LogP contribution in [0.2, 0.25) is 0 Å². The summed E-state index contributed by atoms with van der Waals surface area (Å²) >= 11 is 0. The van der Waals surface area contributed by atoms with Gasteiger partial charge in [-0.3, -0.25) is 0 Å². The minimum atomic E-state index is 0.106. The standard InChI is InChI=1S/C14H14N2O2/c15-9-1-3-11-12-4-2-10(16-5-6-17)8-14(12)18-13(11)7-9/h1-4,7-8,16-17H,5-6,15H2. The highest BCUT2D eigenvalue weighted by Gasteiger charge is 2.07. The van der Waals surface area contributed by atoms with E-state index in [1.165, 1.54) is 0 Å². The van der Waals surface area contributed by atoms with Crippen molar-refractivity contribution in [1.29, 1.82) is 0 Å². The van der Waals surface area contributed by atoms with E-state index in [0.29, 0.717) is 12.2 Å². The molecule has 4 N–H and O–H groups in total. The van der Waals surface area contributed by atoms with Gasteiger partial charge in [0.05, 0.1) is 6.61 Å². The van der Waals surface area contributed by atoms with E-state index >= 15 is 0 Å². The first kappa shape index (κ1) is 10.9. The van der Waals surface area contributed by atoms with Crippen molar-refractivity contribution >= 4 is 33.3 Å². The molecular formula is C14H14N2O2. The van der Waals surface area contributed by atoms with E-state index in [9.17, 15) is 0 Å². The number of furan rings is 1. The first-order valence-corrected chi connectivity index (χ1v) is 5.84. The van der Waals surface area contributed by atoms with Crippen LogP contribution in [0.3, 0.4) is 0 Å². The van der Waals surface area contributed by atoms with E-state index in [1.807, 2.05) is 36.4 Å². The molecule has 0 saturated heterocycles. The molecule has 0 amide bonds. The maximum atomic E-state index is 8.79. The largest absolute Gasteiger partial charge is 0.456 e. The number of benzene rings is 2. The molecule has 3 rings (SSSR count). The lowest BCUT2D eigenvalue weighted by atomic mass is 10.1. The van der Waals surface area contributed by atoms with Crippen molar-refractivity contribution in [3.8, 4) is 0 Å². The second-order valence-electron chi connectivity index (χ2n) is 4.22. The fourth-order valence-corrected chi connectivity index (χ4v) is 2.10. The highest BCUT2D eigenvalue weighted by molar-refractivity contribution is 6.06. The minimum Gasteiger partial charge on any atom is -0.456 e. The molecule has 0 spiro atoms. The molecule has 2 aromatic carbocycles. The van der Waals surface area contributed by atoms with Crippen LogP contribution >= 0.6 is 0 Å². The second-order valence-corrected chi connectivity index (χ2v) is 4.22. The summed E-state index contributed by atoms with van der Waals surface area (Å²) in [6, 6.07) is 11.6. The summed E-state index contributed by atoms with van der Waals surface area (Å²) in [4.78, 5) is 0. The van der Waals surface area contributed by atoms with Crippen molar-refractivity contribution in [2.45, 2.75) is 0 Å². The fourth-order valence-electron chi connectivity index (χ4n) is 2.10. The van der Waals surface area contributed by atoms with Crippen molar-refractivity contribution < 1.29 is 9.52 Å². The highest BCUT2D eigenvalue weighted by atomic mass is 16.3. The van der Waals surface area contributed by atoms with Gasteiger partial charge in [0, 0.05) is 40.8 Å². The normalized spacial score (nSPS) is 11.2. The molecule has 0 fully saturated rings. The summed E-state index contributed by atoms with van der Waals surface area (Å²) in [7, 11) is 0. The van der Waals surface area contributed by atoms with Crippen molar-refractivity contribution in [3.63, 3.8) is 0 Å². The summed E-state index contributed by atoms with van der Waals surface area (Å²) in [5.74, 6) is 0. The molecule has 0 bridgehead atoms. The average Bonchev–Trinajstić information content (AvgIpc) is 2.72. The Hall–Kier alpha value is -2.20. The van der Waals surface area contributed by atoms with Gasteiger partial charge in [-0.15, -0.1) is 0 Å². The fraction of sp³-hybridized carbons (Fsp3) is 0.143. The SMILES string of the molecule is Nc1ccc2c(c1)oc1cc(NCCO)ccc12. The number of hydrogen-bond acceptors (Lipinski definition) is 4. The number of nitrogen functional groups attached to an aromatic ring is 1. The van der Waals surface area contributed by atoms with E-state index in [-0.39, 0.29) is 6.61 Å². The van der Waals surface area contributed by atoms with Gasteiger partial charge < -0.3 is 20.6 Å². The van der Waals surface area contributed by atoms with E-state index in [2.05, 4.69) is 5.32 Å². The number of aliphatic hydroxyl groups excluding tert-OH is 1. The Morgan fingerprint density at radius 2 is 1.78 bits per heavy atom. The molecule has 0 unspecified atom stereocenters. The molecule has 0 atom stereocenters. The zero-order valence-corrected chi connectivity index (χ0v) is 9.81. The maximum Gasteiger partial charge on any atom is 0.137 e. The Bertz CT molecular complexity index is 703. The number of nitrogens with one attached hydrogen (secondary N) is 1. The van der Waals surface area contributed by atoms with Crippen LogP contribution in [0.4, 0.5) is 11.4 Å². The average molecular weight is 242 g/mol. The van der Waals surface area contributed by atoms with Gasteiger partial charge in [-0.05, 0) is 24.3 Å². The van der Waals surface area contributed by atoms with Gasteiger partial charge >= 0.3 is 0 Å². The van der Waals surface area contributed by atoms with Gasteiger partial charge in [-0.1, -0.05) is 0 Å².